The topological polar surface area (TPSA) is 46.3 Å². The number of hydrogen-bond donors (Lipinski definition) is 1. The maximum Gasteiger partial charge on any atom is 0.240 e. The van der Waals surface area contributed by atoms with E-state index in [2.05, 4.69) is 15.9 Å². The van der Waals surface area contributed by atoms with Crippen molar-refractivity contribution in [2.24, 2.45) is 11.1 Å². The summed E-state index contributed by atoms with van der Waals surface area (Å²) in [6, 6.07) is 7.40. The van der Waals surface area contributed by atoms with Crippen LogP contribution in [0.2, 0.25) is 0 Å². The van der Waals surface area contributed by atoms with Crippen molar-refractivity contribution in [3.63, 3.8) is 0 Å². The van der Waals surface area contributed by atoms with Gasteiger partial charge in [0.1, 0.15) is 0 Å². The van der Waals surface area contributed by atoms with Crippen molar-refractivity contribution >= 4 is 21.8 Å². The standard InChI is InChI=1S/C14H21BrN2O/c1-14(2,3)12(16)13(18)17(4)9-10-7-5-6-8-11(10)15/h5-8,12H,9,16H2,1-4H3/t12-/m0/s1. The minimum absolute atomic E-state index is 0.0294. The number of carbonyl (C=O) groups excluding carboxylic acids is 1. The fourth-order valence-electron chi connectivity index (χ4n) is 1.57. The van der Waals surface area contributed by atoms with Gasteiger partial charge in [-0.25, -0.2) is 0 Å². The highest BCUT2D eigenvalue weighted by Gasteiger charge is 2.29. The van der Waals surface area contributed by atoms with E-state index in [-0.39, 0.29) is 11.3 Å². The Morgan fingerprint density at radius 2 is 1.94 bits per heavy atom. The summed E-state index contributed by atoms with van der Waals surface area (Å²) >= 11 is 3.48. The van der Waals surface area contributed by atoms with Crippen molar-refractivity contribution < 1.29 is 4.79 Å². The lowest BCUT2D eigenvalue weighted by atomic mass is 9.86. The molecule has 2 N–H and O–H groups in total. The van der Waals surface area contributed by atoms with Gasteiger partial charge in [0.05, 0.1) is 6.04 Å². The SMILES string of the molecule is CN(Cc1ccccc1Br)C(=O)[C@H](N)C(C)(C)C. The van der Waals surface area contributed by atoms with Crippen molar-refractivity contribution in [2.75, 3.05) is 7.05 Å². The van der Waals surface area contributed by atoms with Gasteiger partial charge in [0, 0.05) is 18.1 Å². The Morgan fingerprint density at radius 1 is 1.39 bits per heavy atom. The van der Waals surface area contributed by atoms with Gasteiger partial charge < -0.3 is 10.6 Å². The summed E-state index contributed by atoms with van der Waals surface area (Å²) in [4.78, 5) is 13.9. The zero-order chi connectivity index (χ0) is 13.9. The van der Waals surface area contributed by atoms with Gasteiger partial charge in [0.2, 0.25) is 5.91 Å². The molecule has 100 valence electrons. The van der Waals surface area contributed by atoms with Crippen LogP contribution in [-0.2, 0) is 11.3 Å². The van der Waals surface area contributed by atoms with Crippen LogP contribution in [0.4, 0.5) is 0 Å². The third-order valence-electron chi connectivity index (χ3n) is 2.94. The summed E-state index contributed by atoms with van der Waals surface area (Å²) in [5.41, 5.74) is 6.84. The van der Waals surface area contributed by atoms with Crippen LogP contribution >= 0.6 is 15.9 Å². The molecule has 0 radical (unpaired) electrons. The lowest BCUT2D eigenvalue weighted by Gasteiger charge is -2.30. The molecule has 0 fully saturated rings. The molecular weight excluding hydrogens is 292 g/mol. The molecule has 0 bridgehead atoms. The van der Waals surface area contributed by atoms with Gasteiger partial charge in [-0.15, -0.1) is 0 Å². The summed E-state index contributed by atoms with van der Waals surface area (Å²) in [6.07, 6.45) is 0. The first-order valence-corrected chi connectivity index (χ1v) is 6.76. The van der Waals surface area contributed by atoms with Gasteiger partial charge in [-0.1, -0.05) is 54.9 Å². The van der Waals surface area contributed by atoms with E-state index in [0.29, 0.717) is 6.54 Å². The Kier molecular flexibility index (Phi) is 4.93. The van der Waals surface area contributed by atoms with E-state index < -0.39 is 6.04 Å². The number of halogens is 1. The summed E-state index contributed by atoms with van der Waals surface area (Å²) in [5, 5.41) is 0. The number of benzene rings is 1. The van der Waals surface area contributed by atoms with E-state index in [9.17, 15) is 4.79 Å². The largest absolute Gasteiger partial charge is 0.340 e. The van der Waals surface area contributed by atoms with Crippen molar-refractivity contribution in [1.82, 2.24) is 4.90 Å². The Balaban J connectivity index is 2.75. The summed E-state index contributed by atoms with van der Waals surface area (Å²) in [6.45, 7) is 6.48. The van der Waals surface area contributed by atoms with Crippen LogP contribution in [0, 0.1) is 5.41 Å². The summed E-state index contributed by atoms with van der Waals surface area (Å²) in [5.74, 6) is -0.0294. The number of carbonyl (C=O) groups is 1. The number of hydrogen-bond acceptors (Lipinski definition) is 2. The van der Waals surface area contributed by atoms with Gasteiger partial charge in [-0.05, 0) is 17.0 Å². The lowest BCUT2D eigenvalue weighted by Crippen LogP contribution is -2.48. The molecule has 0 aromatic heterocycles. The Morgan fingerprint density at radius 3 is 2.44 bits per heavy atom. The molecule has 1 rings (SSSR count). The first-order chi connectivity index (χ1) is 8.23. The van der Waals surface area contributed by atoms with Crippen molar-refractivity contribution in [1.29, 1.82) is 0 Å². The molecule has 1 atom stereocenters. The first-order valence-electron chi connectivity index (χ1n) is 5.97. The number of rotatable bonds is 3. The molecule has 1 amide bonds. The molecule has 1 aromatic carbocycles. The van der Waals surface area contributed by atoms with Crippen LogP contribution in [0.25, 0.3) is 0 Å². The molecule has 0 heterocycles. The van der Waals surface area contributed by atoms with Crippen molar-refractivity contribution in [3.8, 4) is 0 Å². The third kappa shape index (κ3) is 3.82. The van der Waals surface area contributed by atoms with E-state index in [4.69, 9.17) is 5.73 Å². The molecule has 0 saturated carbocycles. The maximum atomic E-state index is 12.2. The second-order valence-electron chi connectivity index (χ2n) is 5.63. The fourth-order valence-corrected chi connectivity index (χ4v) is 1.98. The number of amides is 1. The van der Waals surface area contributed by atoms with Crippen LogP contribution in [0.1, 0.15) is 26.3 Å². The monoisotopic (exact) mass is 312 g/mol. The second kappa shape index (κ2) is 5.85. The highest BCUT2D eigenvalue weighted by Crippen LogP contribution is 2.21. The highest BCUT2D eigenvalue weighted by molar-refractivity contribution is 9.10. The quantitative estimate of drug-likeness (QED) is 0.933. The Labute approximate surface area is 117 Å². The van der Waals surface area contributed by atoms with Crippen LogP contribution in [0.3, 0.4) is 0 Å². The number of likely N-dealkylation sites (N-methyl/N-ethyl adjacent to an activating group) is 1. The first kappa shape index (κ1) is 15.2. The van der Waals surface area contributed by atoms with Crippen LogP contribution < -0.4 is 5.73 Å². The van der Waals surface area contributed by atoms with Crippen LogP contribution in [0.15, 0.2) is 28.7 Å². The van der Waals surface area contributed by atoms with Crippen molar-refractivity contribution in [3.05, 3.63) is 34.3 Å². The zero-order valence-corrected chi connectivity index (χ0v) is 13.0. The van der Waals surface area contributed by atoms with Gasteiger partial charge in [-0.3, -0.25) is 4.79 Å². The van der Waals surface area contributed by atoms with Gasteiger partial charge in [0.25, 0.3) is 0 Å². The van der Waals surface area contributed by atoms with Gasteiger partial charge in [-0.2, -0.15) is 0 Å². The molecule has 0 unspecified atom stereocenters. The van der Waals surface area contributed by atoms with E-state index in [0.717, 1.165) is 10.0 Å². The van der Waals surface area contributed by atoms with E-state index >= 15 is 0 Å². The lowest BCUT2D eigenvalue weighted by molar-refractivity contribution is -0.134. The highest BCUT2D eigenvalue weighted by atomic mass is 79.9. The zero-order valence-electron chi connectivity index (χ0n) is 11.4. The minimum atomic E-state index is -0.481. The molecule has 0 saturated heterocycles. The molecular formula is C14H21BrN2O. The maximum absolute atomic E-state index is 12.2. The number of nitrogens with two attached hydrogens (primary N) is 1. The molecule has 0 aliphatic heterocycles. The van der Waals surface area contributed by atoms with E-state index in [1.165, 1.54) is 0 Å². The Bertz CT molecular complexity index is 426. The van der Waals surface area contributed by atoms with Gasteiger partial charge in [0.15, 0.2) is 0 Å². The predicted molar refractivity (Wildman–Crippen MR) is 78.0 cm³/mol. The average molecular weight is 313 g/mol. The Hall–Kier alpha value is -0.870. The molecule has 1 aromatic rings. The molecule has 0 aliphatic carbocycles. The minimum Gasteiger partial charge on any atom is -0.340 e. The van der Waals surface area contributed by atoms with E-state index in [1.54, 1.807) is 11.9 Å². The van der Waals surface area contributed by atoms with Gasteiger partial charge >= 0.3 is 0 Å². The molecule has 4 heteroatoms. The van der Waals surface area contributed by atoms with Crippen molar-refractivity contribution in [2.45, 2.75) is 33.4 Å². The molecule has 3 nitrogen and oxygen atoms in total. The average Bonchev–Trinajstić information content (AvgIpc) is 2.29. The summed E-state index contributed by atoms with van der Waals surface area (Å²) < 4.78 is 1.01. The van der Waals surface area contributed by atoms with E-state index in [1.807, 2.05) is 45.0 Å². The normalized spacial score (nSPS) is 13.2. The number of nitrogens with zero attached hydrogens (tertiary/aromatic N) is 1. The smallest absolute Gasteiger partial charge is 0.240 e. The molecule has 18 heavy (non-hydrogen) atoms. The predicted octanol–water partition coefficient (Wildman–Crippen LogP) is 2.78. The second-order valence-corrected chi connectivity index (χ2v) is 6.48. The summed E-state index contributed by atoms with van der Waals surface area (Å²) in [7, 11) is 1.79. The van der Waals surface area contributed by atoms with Crippen LogP contribution in [0.5, 0.6) is 0 Å². The van der Waals surface area contributed by atoms with Crippen LogP contribution in [-0.4, -0.2) is 23.9 Å². The molecule has 0 aliphatic rings. The fraction of sp³-hybridized carbons (Fsp3) is 0.500. The third-order valence-corrected chi connectivity index (χ3v) is 3.71. The molecule has 0 spiro atoms.